The van der Waals surface area contributed by atoms with E-state index >= 15 is 0 Å². The molecule has 0 aromatic heterocycles. The Hall–Kier alpha value is -0.900. The van der Waals surface area contributed by atoms with Crippen LogP contribution in [0.15, 0.2) is 30.3 Å². The summed E-state index contributed by atoms with van der Waals surface area (Å²) >= 11 is 0. The summed E-state index contributed by atoms with van der Waals surface area (Å²) in [7, 11) is 0. The number of aliphatic hydroxyl groups is 1. The maximum absolute atomic E-state index is 10.5. The van der Waals surface area contributed by atoms with Crippen molar-refractivity contribution < 1.29 is 9.84 Å². The molecule has 2 rings (SSSR count). The average Bonchev–Trinajstić information content (AvgIpc) is 2.41. The van der Waals surface area contributed by atoms with Gasteiger partial charge in [0.25, 0.3) is 0 Å². The zero-order chi connectivity index (χ0) is 13.1. The van der Waals surface area contributed by atoms with Gasteiger partial charge in [-0.1, -0.05) is 30.3 Å². The minimum absolute atomic E-state index is 0.105. The third-order valence-electron chi connectivity index (χ3n) is 3.78. The number of hydrogen-bond acceptors (Lipinski definition) is 3. The topological polar surface area (TPSA) is 32.7 Å². The van der Waals surface area contributed by atoms with E-state index in [2.05, 4.69) is 25.7 Å². The van der Waals surface area contributed by atoms with E-state index in [1.807, 2.05) is 30.3 Å². The molecular weight excluding hydrogens is 226 g/mol. The summed E-state index contributed by atoms with van der Waals surface area (Å²) < 4.78 is 5.63. The van der Waals surface area contributed by atoms with Gasteiger partial charge in [0, 0.05) is 18.6 Å². The number of rotatable bonds is 3. The molecule has 1 aromatic rings. The molecule has 1 aliphatic rings. The minimum Gasteiger partial charge on any atom is -0.387 e. The second-order valence-electron chi connectivity index (χ2n) is 5.29. The molecule has 18 heavy (non-hydrogen) atoms. The smallest absolute Gasteiger partial charge is 0.0942 e. The Kier molecular flexibility index (Phi) is 4.38. The van der Waals surface area contributed by atoms with E-state index in [9.17, 15) is 5.11 Å². The lowest BCUT2D eigenvalue weighted by atomic mass is 10.00. The lowest BCUT2D eigenvalue weighted by Crippen LogP contribution is -2.52. The van der Waals surface area contributed by atoms with Crippen LogP contribution in [0.4, 0.5) is 0 Å². The SMILES string of the molecule is CC1CN(C(C)C(O)c2ccccc2)C(C)CO1. The van der Waals surface area contributed by atoms with Crippen molar-refractivity contribution >= 4 is 0 Å². The van der Waals surface area contributed by atoms with Crippen molar-refractivity contribution in [3.63, 3.8) is 0 Å². The number of morpholine rings is 1. The van der Waals surface area contributed by atoms with Gasteiger partial charge in [0.05, 0.1) is 18.8 Å². The lowest BCUT2D eigenvalue weighted by Gasteiger charge is -2.42. The number of benzene rings is 1. The predicted molar refractivity (Wildman–Crippen MR) is 72.4 cm³/mol. The summed E-state index contributed by atoms with van der Waals surface area (Å²) in [6.45, 7) is 7.95. The molecule has 0 bridgehead atoms. The molecule has 0 saturated carbocycles. The standard InChI is InChI=1S/C15H23NO2/c1-11-10-18-12(2)9-16(11)13(3)15(17)14-7-5-4-6-8-14/h4-8,11-13,15,17H,9-10H2,1-3H3. The summed E-state index contributed by atoms with van der Waals surface area (Å²) in [6.07, 6.45) is -0.203. The van der Waals surface area contributed by atoms with E-state index < -0.39 is 6.10 Å². The monoisotopic (exact) mass is 249 g/mol. The summed E-state index contributed by atoms with van der Waals surface area (Å²) in [5.41, 5.74) is 0.983. The van der Waals surface area contributed by atoms with Crippen molar-refractivity contribution in [2.24, 2.45) is 0 Å². The van der Waals surface area contributed by atoms with Crippen LogP contribution in [0, 0.1) is 0 Å². The van der Waals surface area contributed by atoms with Gasteiger partial charge in [-0.25, -0.2) is 0 Å². The van der Waals surface area contributed by atoms with E-state index in [1.165, 1.54) is 0 Å². The molecule has 4 atom stereocenters. The molecule has 0 aliphatic carbocycles. The molecular formula is C15H23NO2. The van der Waals surface area contributed by atoms with Crippen molar-refractivity contribution in [1.82, 2.24) is 4.90 Å². The molecule has 1 aliphatic heterocycles. The van der Waals surface area contributed by atoms with E-state index in [0.29, 0.717) is 6.04 Å². The average molecular weight is 249 g/mol. The Morgan fingerprint density at radius 1 is 1.28 bits per heavy atom. The fourth-order valence-electron chi connectivity index (χ4n) is 2.61. The molecule has 4 unspecified atom stereocenters. The molecule has 1 N–H and O–H groups in total. The lowest BCUT2D eigenvalue weighted by molar-refractivity contribution is -0.0836. The summed E-state index contributed by atoms with van der Waals surface area (Å²) in [4.78, 5) is 2.34. The van der Waals surface area contributed by atoms with Crippen molar-refractivity contribution in [2.75, 3.05) is 13.2 Å². The molecule has 1 saturated heterocycles. The second kappa shape index (κ2) is 5.83. The zero-order valence-electron chi connectivity index (χ0n) is 11.4. The van der Waals surface area contributed by atoms with Crippen molar-refractivity contribution in [3.05, 3.63) is 35.9 Å². The molecule has 0 radical (unpaired) electrons. The van der Waals surface area contributed by atoms with Crippen LogP contribution in [0.25, 0.3) is 0 Å². The molecule has 1 fully saturated rings. The summed E-state index contributed by atoms with van der Waals surface area (Å²) in [5.74, 6) is 0. The first-order chi connectivity index (χ1) is 8.59. The largest absolute Gasteiger partial charge is 0.387 e. The Labute approximate surface area is 109 Å². The second-order valence-corrected chi connectivity index (χ2v) is 5.29. The molecule has 3 nitrogen and oxygen atoms in total. The van der Waals surface area contributed by atoms with Gasteiger partial charge >= 0.3 is 0 Å². The molecule has 0 amide bonds. The molecule has 100 valence electrons. The summed E-state index contributed by atoms with van der Waals surface area (Å²) in [5, 5.41) is 10.5. The van der Waals surface area contributed by atoms with Crippen LogP contribution < -0.4 is 0 Å². The maximum Gasteiger partial charge on any atom is 0.0942 e. The van der Waals surface area contributed by atoms with E-state index in [4.69, 9.17) is 4.74 Å². The van der Waals surface area contributed by atoms with Crippen LogP contribution in [0.1, 0.15) is 32.4 Å². The minimum atomic E-state index is -0.445. The quantitative estimate of drug-likeness (QED) is 0.891. The van der Waals surface area contributed by atoms with E-state index in [0.717, 1.165) is 18.7 Å². The number of aliphatic hydroxyl groups excluding tert-OH is 1. The van der Waals surface area contributed by atoms with Gasteiger partial charge in [-0.3, -0.25) is 4.90 Å². The molecule has 3 heteroatoms. The Morgan fingerprint density at radius 3 is 2.61 bits per heavy atom. The van der Waals surface area contributed by atoms with Gasteiger partial charge in [-0.2, -0.15) is 0 Å². The van der Waals surface area contributed by atoms with E-state index in [-0.39, 0.29) is 12.1 Å². The fourth-order valence-corrected chi connectivity index (χ4v) is 2.61. The van der Waals surface area contributed by atoms with Gasteiger partial charge in [0.2, 0.25) is 0 Å². The van der Waals surface area contributed by atoms with Crippen LogP contribution in [0.5, 0.6) is 0 Å². The van der Waals surface area contributed by atoms with Crippen LogP contribution in [0.2, 0.25) is 0 Å². The molecule has 1 aromatic carbocycles. The zero-order valence-corrected chi connectivity index (χ0v) is 11.4. The Morgan fingerprint density at radius 2 is 1.94 bits per heavy atom. The first-order valence-electron chi connectivity index (χ1n) is 6.70. The fraction of sp³-hybridized carbons (Fsp3) is 0.600. The van der Waals surface area contributed by atoms with Crippen LogP contribution in [0.3, 0.4) is 0 Å². The first kappa shape index (κ1) is 13.5. The normalized spacial score (nSPS) is 28.9. The number of nitrogens with zero attached hydrogens (tertiary/aromatic N) is 1. The third kappa shape index (κ3) is 2.91. The highest BCUT2D eigenvalue weighted by Gasteiger charge is 2.31. The third-order valence-corrected chi connectivity index (χ3v) is 3.78. The van der Waals surface area contributed by atoms with E-state index in [1.54, 1.807) is 0 Å². The highest BCUT2D eigenvalue weighted by molar-refractivity contribution is 5.18. The Balaban J connectivity index is 2.08. The van der Waals surface area contributed by atoms with Crippen molar-refractivity contribution in [3.8, 4) is 0 Å². The van der Waals surface area contributed by atoms with Gasteiger partial charge < -0.3 is 9.84 Å². The van der Waals surface area contributed by atoms with Gasteiger partial charge in [0.1, 0.15) is 0 Å². The predicted octanol–water partition coefficient (Wildman–Crippen LogP) is 2.22. The summed E-state index contributed by atoms with van der Waals surface area (Å²) in [6, 6.07) is 10.3. The molecule has 0 spiro atoms. The van der Waals surface area contributed by atoms with Crippen LogP contribution in [-0.4, -0.2) is 41.3 Å². The van der Waals surface area contributed by atoms with Gasteiger partial charge in [-0.05, 0) is 26.3 Å². The van der Waals surface area contributed by atoms with Crippen molar-refractivity contribution in [2.45, 2.75) is 45.1 Å². The van der Waals surface area contributed by atoms with Gasteiger partial charge in [-0.15, -0.1) is 0 Å². The highest BCUT2D eigenvalue weighted by atomic mass is 16.5. The number of hydrogen-bond donors (Lipinski definition) is 1. The van der Waals surface area contributed by atoms with Crippen molar-refractivity contribution in [1.29, 1.82) is 0 Å². The van der Waals surface area contributed by atoms with Crippen LogP contribution in [-0.2, 0) is 4.74 Å². The molecule has 1 heterocycles. The van der Waals surface area contributed by atoms with Crippen LogP contribution >= 0.6 is 0 Å². The maximum atomic E-state index is 10.5. The van der Waals surface area contributed by atoms with Gasteiger partial charge in [0.15, 0.2) is 0 Å². The highest BCUT2D eigenvalue weighted by Crippen LogP contribution is 2.24. The number of ether oxygens (including phenoxy) is 1. The first-order valence-corrected chi connectivity index (χ1v) is 6.70. The Bertz CT molecular complexity index is 368.